The molecular weight excluding hydrogens is 389 g/mol. The van der Waals surface area contributed by atoms with Crippen molar-refractivity contribution in [2.24, 2.45) is 0 Å². The van der Waals surface area contributed by atoms with Crippen LogP contribution in [0, 0.1) is 10.5 Å². The molecule has 0 aliphatic heterocycles. The van der Waals surface area contributed by atoms with Crippen molar-refractivity contribution < 1.29 is 0 Å². The summed E-state index contributed by atoms with van der Waals surface area (Å²) in [4.78, 5) is 0. The number of rotatable bonds is 3. The Balaban J connectivity index is 2.07. The molecule has 17 heavy (non-hydrogen) atoms. The Morgan fingerprint density at radius 3 is 2.71 bits per heavy atom. The molecule has 0 amide bonds. The molecule has 2 rings (SSSR count). The first-order valence-electron chi connectivity index (χ1n) is 5.39. The van der Waals surface area contributed by atoms with E-state index in [4.69, 9.17) is 0 Å². The van der Waals surface area contributed by atoms with Gasteiger partial charge in [-0.25, -0.2) is 0 Å². The van der Waals surface area contributed by atoms with Crippen molar-refractivity contribution in [3.8, 4) is 0 Å². The molecule has 2 aromatic carbocycles. The monoisotopic (exact) mass is 401 g/mol. The minimum absolute atomic E-state index is 0.848. The molecular formula is C14H13BrIN. The van der Waals surface area contributed by atoms with E-state index in [2.05, 4.69) is 87.2 Å². The van der Waals surface area contributed by atoms with Crippen LogP contribution in [0.4, 0.5) is 5.69 Å². The first-order chi connectivity index (χ1) is 8.15. The number of benzene rings is 2. The van der Waals surface area contributed by atoms with E-state index in [1.54, 1.807) is 0 Å². The average Bonchev–Trinajstić information content (AvgIpc) is 2.28. The van der Waals surface area contributed by atoms with Crippen molar-refractivity contribution in [1.82, 2.24) is 0 Å². The number of halogens is 2. The van der Waals surface area contributed by atoms with Crippen LogP contribution in [0.15, 0.2) is 46.9 Å². The molecule has 0 aliphatic rings. The molecule has 0 heterocycles. The first kappa shape index (κ1) is 12.9. The molecule has 88 valence electrons. The SMILES string of the molecule is Cc1cc(I)ccc1NCc1cccc(Br)c1. The predicted octanol–water partition coefficient (Wildman–Crippen LogP) is 4.97. The highest BCUT2D eigenvalue weighted by atomic mass is 127. The summed E-state index contributed by atoms with van der Waals surface area (Å²) < 4.78 is 2.39. The molecule has 0 aliphatic carbocycles. The zero-order valence-corrected chi connectivity index (χ0v) is 13.2. The standard InChI is InChI=1S/C14H13BrIN/c1-10-7-13(16)5-6-14(10)17-9-11-3-2-4-12(15)8-11/h2-8,17H,9H2,1H3. The molecule has 0 atom stereocenters. The number of hydrogen-bond donors (Lipinski definition) is 1. The largest absolute Gasteiger partial charge is 0.381 e. The van der Waals surface area contributed by atoms with Crippen LogP contribution in [-0.4, -0.2) is 0 Å². The lowest BCUT2D eigenvalue weighted by Crippen LogP contribution is -2.01. The van der Waals surface area contributed by atoms with Crippen LogP contribution in [0.1, 0.15) is 11.1 Å². The van der Waals surface area contributed by atoms with Gasteiger partial charge in [-0.1, -0.05) is 28.1 Å². The van der Waals surface area contributed by atoms with Crippen molar-refractivity contribution in [3.05, 3.63) is 61.6 Å². The Bertz CT molecular complexity index is 525. The maximum absolute atomic E-state index is 3.48. The highest BCUT2D eigenvalue weighted by molar-refractivity contribution is 14.1. The lowest BCUT2D eigenvalue weighted by atomic mass is 10.2. The third kappa shape index (κ3) is 3.71. The zero-order chi connectivity index (χ0) is 12.3. The second kappa shape index (κ2) is 5.87. The lowest BCUT2D eigenvalue weighted by molar-refractivity contribution is 1.14. The van der Waals surface area contributed by atoms with Crippen LogP contribution < -0.4 is 5.32 Å². The van der Waals surface area contributed by atoms with Crippen molar-refractivity contribution in [2.75, 3.05) is 5.32 Å². The minimum Gasteiger partial charge on any atom is -0.381 e. The second-order valence-electron chi connectivity index (χ2n) is 3.94. The highest BCUT2D eigenvalue weighted by Crippen LogP contribution is 2.19. The van der Waals surface area contributed by atoms with Gasteiger partial charge >= 0.3 is 0 Å². The molecule has 0 saturated carbocycles. The van der Waals surface area contributed by atoms with E-state index < -0.39 is 0 Å². The number of anilines is 1. The Morgan fingerprint density at radius 1 is 1.18 bits per heavy atom. The summed E-state index contributed by atoms with van der Waals surface area (Å²) in [6.07, 6.45) is 0. The van der Waals surface area contributed by atoms with Gasteiger partial charge in [0.15, 0.2) is 0 Å². The van der Waals surface area contributed by atoms with Gasteiger partial charge in [-0.3, -0.25) is 0 Å². The van der Waals surface area contributed by atoms with E-state index >= 15 is 0 Å². The van der Waals surface area contributed by atoms with Crippen molar-refractivity contribution in [3.63, 3.8) is 0 Å². The van der Waals surface area contributed by atoms with Crippen molar-refractivity contribution >= 4 is 44.2 Å². The Morgan fingerprint density at radius 2 is 2.00 bits per heavy atom. The molecule has 0 unspecified atom stereocenters. The maximum Gasteiger partial charge on any atom is 0.0401 e. The third-order valence-electron chi connectivity index (χ3n) is 2.56. The smallest absolute Gasteiger partial charge is 0.0401 e. The van der Waals surface area contributed by atoms with Crippen molar-refractivity contribution in [2.45, 2.75) is 13.5 Å². The van der Waals surface area contributed by atoms with E-state index in [0.29, 0.717) is 0 Å². The van der Waals surface area contributed by atoms with Gasteiger partial charge in [-0.2, -0.15) is 0 Å². The van der Waals surface area contributed by atoms with E-state index in [1.165, 1.54) is 20.4 Å². The summed E-state index contributed by atoms with van der Waals surface area (Å²) in [5, 5.41) is 3.46. The van der Waals surface area contributed by atoms with Crippen LogP contribution in [0.25, 0.3) is 0 Å². The normalized spacial score (nSPS) is 10.3. The fourth-order valence-corrected chi connectivity index (χ4v) is 2.76. The summed E-state index contributed by atoms with van der Waals surface area (Å²) in [7, 11) is 0. The molecule has 2 aromatic rings. The van der Waals surface area contributed by atoms with Crippen LogP contribution in [0.2, 0.25) is 0 Å². The minimum atomic E-state index is 0.848. The molecule has 1 nitrogen and oxygen atoms in total. The maximum atomic E-state index is 3.48. The van der Waals surface area contributed by atoms with Gasteiger partial charge in [0.1, 0.15) is 0 Å². The third-order valence-corrected chi connectivity index (χ3v) is 3.72. The fourth-order valence-electron chi connectivity index (χ4n) is 1.67. The van der Waals surface area contributed by atoms with Gasteiger partial charge in [0.05, 0.1) is 0 Å². The summed E-state index contributed by atoms with van der Waals surface area (Å²) in [5.74, 6) is 0. The quantitative estimate of drug-likeness (QED) is 0.715. The Kier molecular flexibility index (Phi) is 4.45. The van der Waals surface area contributed by atoms with Crippen LogP contribution >= 0.6 is 38.5 Å². The molecule has 3 heteroatoms. The van der Waals surface area contributed by atoms with Crippen LogP contribution in [0.5, 0.6) is 0 Å². The summed E-state index contributed by atoms with van der Waals surface area (Å²) in [6.45, 7) is 2.98. The molecule has 0 saturated heterocycles. The van der Waals surface area contributed by atoms with Gasteiger partial charge in [-0.15, -0.1) is 0 Å². The molecule has 0 fully saturated rings. The number of nitrogens with one attached hydrogen (secondary N) is 1. The predicted molar refractivity (Wildman–Crippen MR) is 85.4 cm³/mol. The Labute approximate surface area is 124 Å². The second-order valence-corrected chi connectivity index (χ2v) is 6.10. The number of aryl methyl sites for hydroxylation is 1. The van der Waals surface area contributed by atoms with E-state index in [0.717, 1.165) is 11.0 Å². The average molecular weight is 402 g/mol. The first-order valence-corrected chi connectivity index (χ1v) is 7.27. The molecule has 0 aromatic heterocycles. The Hall–Kier alpha value is -0.550. The van der Waals surface area contributed by atoms with E-state index in [9.17, 15) is 0 Å². The topological polar surface area (TPSA) is 12.0 Å². The fraction of sp³-hybridized carbons (Fsp3) is 0.143. The van der Waals surface area contributed by atoms with E-state index in [1.807, 2.05) is 6.07 Å². The summed E-state index contributed by atoms with van der Waals surface area (Å²) >= 11 is 5.82. The summed E-state index contributed by atoms with van der Waals surface area (Å²) in [6, 6.07) is 14.8. The van der Waals surface area contributed by atoms with E-state index in [-0.39, 0.29) is 0 Å². The zero-order valence-electron chi connectivity index (χ0n) is 9.50. The summed E-state index contributed by atoms with van der Waals surface area (Å²) in [5.41, 5.74) is 3.76. The molecule has 0 radical (unpaired) electrons. The van der Waals surface area contributed by atoms with Gasteiger partial charge in [0.25, 0.3) is 0 Å². The van der Waals surface area contributed by atoms with Crippen molar-refractivity contribution in [1.29, 1.82) is 0 Å². The van der Waals surface area contributed by atoms with Gasteiger partial charge < -0.3 is 5.32 Å². The lowest BCUT2D eigenvalue weighted by Gasteiger charge is -2.10. The number of hydrogen-bond acceptors (Lipinski definition) is 1. The van der Waals surface area contributed by atoms with Gasteiger partial charge in [-0.05, 0) is 71.0 Å². The molecule has 0 spiro atoms. The van der Waals surface area contributed by atoms with Gasteiger partial charge in [0, 0.05) is 20.3 Å². The molecule has 0 bridgehead atoms. The van der Waals surface area contributed by atoms with Crippen LogP contribution in [0.3, 0.4) is 0 Å². The van der Waals surface area contributed by atoms with Gasteiger partial charge in [0.2, 0.25) is 0 Å². The van der Waals surface area contributed by atoms with Crippen LogP contribution in [-0.2, 0) is 6.54 Å². The highest BCUT2D eigenvalue weighted by Gasteiger charge is 1.99. The molecule has 1 N–H and O–H groups in total.